The fraction of sp³-hybridized carbons (Fsp3) is 0.304. The highest BCUT2D eigenvalue weighted by molar-refractivity contribution is 6.05. The van der Waals surface area contributed by atoms with Crippen LogP contribution >= 0.6 is 0 Å². The van der Waals surface area contributed by atoms with Gasteiger partial charge in [-0.05, 0) is 31.2 Å². The van der Waals surface area contributed by atoms with Crippen LogP contribution in [0.3, 0.4) is 0 Å². The van der Waals surface area contributed by atoms with Crippen LogP contribution in [-0.2, 0) is 10.9 Å². The number of carbonyl (C=O) groups excluding carboxylic acids is 1. The Balaban J connectivity index is 1.71. The second-order valence-electron chi connectivity index (χ2n) is 7.40. The first-order valence-electron chi connectivity index (χ1n) is 10.2. The molecule has 0 bridgehead atoms. The van der Waals surface area contributed by atoms with Gasteiger partial charge in [0.05, 0.1) is 29.1 Å². The number of carbonyl (C=O) groups is 1. The van der Waals surface area contributed by atoms with Gasteiger partial charge in [-0.15, -0.1) is 0 Å². The SMILES string of the molecule is CCOC(=O)c1cnc2cc(C(F)(F)F)ccc2c1N1CCN(c2ccccc2F)CC1. The van der Waals surface area contributed by atoms with Crippen molar-refractivity contribution in [2.75, 3.05) is 42.6 Å². The molecule has 3 aromatic rings. The van der Waals surface area contributed by atoms with Gasteiger partial charge in [-0.2, -0.15) is 13.2 Å². The Morgan fingerprint density at radius 1 is 1.06 bits per heavy atom. The van der Waals surface area contributed by atoms with Crippen LogP contribution in [0.1, 0.15) is 22.8 Å². The highest BCUT2D eigenvalue weighted by atomic mass is 19.4. The van der Waals surface area contributed by atoms with Crippen LogP contribution in [0.25, 0.3) is 10.9 Å². The first-order chi connectivity index (χ1) is 15.3. The molecule has 4 rings (SSSR count). The molecule has 0 saturated carbocycles. The highest BCUT2D eigenvalue weighted by Gasteiger charge is 2.32. The summed E-state index contributed by atoms with van der Waals surface area (Å²) in [6, 6.07) is 9.79. The molecule has 2 heterocycles. The third-order valence-corrected chi connectivity index (χ3v) is 5.45. The lowest BCUT2D eigenvalue weighted by molar-refractivity contribution is -0.137. The van der Waals surface area contributed by atoms with Crippen LogP contribution in [-0.4, -0.2) is 43.7 Å². The van der Waals surface area contributed by atoms with Crippen molar-refractivity contribution in [3.05, 3.63) is 65.6 Å². The average molecular weight is 447 g/mol. The third-order valence-electron chi connectivity index (χ3n) is 5.45. The maximum atomic E-state index is 14.2. The summed E-state index contributed by atoms with van der Waals surface area (Å²) in [7, 11) is 0. The van der Waals surface area contributed by atoms with E-state index in [0.29, 0.717) is 42.9 Å². The smallest absolute Gasteiger partial charge is 0.416 e. The molecule has 2 aromatic carbocycles. The number of nitrogens with zero attached hydrogens (tertiary/aromatic N) is 3. The normalized spacial score (nSPS) is 14.7. The number of hydrogen-bond acceptors (Lipinski definition) is 5. The number of aromatic nitrogens is 1. The predicted octanol–water partition coefficient (Wildman–Crippen LogP) is 4.90. The molecule has 0 unspecified atom stereocenters. The molecule has 1 fully saturated rings. The zero-order chi connectivity index (χ0) is 22.9. The van der Waals surface area contributed by atoms with Gasteiger partial charge in [0.2, 0.25) is 0 Å². The maximum absolute atomic E-state index is 14.2. The lowest BCUT2D eigenvalue weighted by atomic mass is 10.0. The highest BCUT2D eigenvalue weighted by Crippen LogP contribution is 2.36. The van der Waals surface area contributed by atoms with Gasteiger partial charge in [0.1, 0.15) is 11.4 Å². The first-order valence-corrected chi connectivity index (χ1v) is 10.2. The minimum absolute atomic E-state index is 0.138. The number of fused-ring (bicyclic) bond motifs is 1. The zero-order valence-electron chi connectivity index (χ0n) is 17.3. The Labute approximate surface area is 182 Å². The fourth-order valence-electron chi connectivity index (χ4n) is 3.93. The van der Waals surface area contributed by atoms with Crippen LogP contribution in [0, 0.1) is 5.82 Å². The number of halogens is 4. The summed E-state index contributed by atoms with van der Waals surface area (Å²) in [4.78, 5) is 20.5. The van der Waals surface area contributed by atoms with E-state index >= 15 is 0 Å². The van der Waals surface area contributed by atoms with E-state index in [4.69, 9.17) is 4.74 Å². The summed E-state index contributed by atoms with van der Waals surface area (Å²) in [5, 5.41) is 0.433. The summed E-state index contributed by atoms with van der Waals surface area (Å²) in [6.45, 7) is 3.68. The van der Waals surface area contributed by atoms with Crippen molar-refractivity contribution in [2.24, 2.45) is 0 Å². The summed E-state index contributed by atoms with van der Waals surface area (Å²) >= 11 is 0. The van der Waals surface area contributed by atoms with E-state index in [-0.39, 0.29) is 23.5 Å². The van der Waals surface area contributed by atoms with Crippen LogP contribution in [0.2, 0.25) is 0 Å². The molecular formula is C23H21F4N3O2. The second-order valence-corrected chi connectivity index (χ2v) is 7.40. The number of hydrogen-bond donors (Lipinski definition) is 0. The van der Waals surface area contributed by atoms with Crippen molar-refractivity contribution in [3.8, 4) is 0 Å². The van der Waals surface area contributed by atoms with Gasteiger partial charge < -0.3 is 14.5 Å². The number of esters is 1. The van der Waals surface area contributed by atoms with Crippen LogP contribution in [0.15, 0.2) is 48.7 Å². The number of pyridine rings is 1. The molecule has 1 aromatic heterocycles. The van der Waals surface area contributed by atoms with E-state index in [9.17, 15) is 22.4 Å². The Hall–Kier alpha value is -3.36. The number of rotatable bonds is 4. The van der Waals surface area contributed by atoms with Crippen molar-refractivity contribution in [3.63, 3.8) is 0 Å². The molecular weight excluding hydrogens is 426 g/mol. The van der Waals surface area contributed by atoms with Gasteiger partial charge in [0, 0.05) is 37.8 Å². The number of benzene rings is 2. The number of anilines is 2. The van der Waals surface area contributed by atoms with E-state index in [0.717, 1.165) is 12.1 Å². The topological polar surface area (TPSA) is 45.7 Å². The van der Waals surface area contributed by atoms with Crippen LogP contribution in [0.5, 0.6) is 0 Å². The van der Waals surface area contributed by atoms with Crippen LogP contribution < -0.4 is 9.80 Å². The molecule has 0 aliphatic carbocycles. The Morgan fingerprint density at radius 2 is 1.75 bits per heavy atom. The molecule has 5 nitrogen and oxygen atoms in total. The summed E-state index contributed by atoms with van der Waals surface area (Å²) < 4.78 is 58.8. The van der Waals surface area contributed by atoms with Gasteiger partial charge in [0.25, 0.3) is 0 Å². The molecule has 168 valence electrons. The third kappa shape index (κ3) is 4.19. The minimum Gasteiger partial charge on any atom is -0.462 e. The van der Waals surface area contributed by atoms with Crippen molar-refractivity contribution in [1.29, 1.82) is 0 Å². The van der Waals surface area contributed by atoms with Crippen molar-refractivity contribution >= 4 is 28.2 Å². The van der Waals surface area contributed by atoms with E-state index in [1.54, 1.807) is 25.1 Å². The van der Waals surface area contributed by atoms with E-state index in [1.807, 2.05) is 9.80 Å². The summed E-state index contributed by atoms with van der Waals surface area (Å²) in [5.41, 5.74) is 0.497. The Kier molecular flexibility index (Phi) is 5.90. The fourth-order valence-corrected chi connectivity index (χ4v) is 3.93. The van der Waals surface area contributed by atoms with Crippen molar-refractivity contribution in [2.45, 2.75) is 13.1 Å². The minimum atomic E-state index is -4.50. The summed E-state index contributed by atoms with van der Waals surface area (Å²) in [6.07, 6.45) is -3.24. The monoisotopic (exact) mass is 447 g/mol. The van der Waals surface area contributed by atoms with E-state index < -0.39 is 17.7 Å². The largest absolute Gasteiger partial charge is 0.462 e. The first kappa shape index (κ1) is 21.9. The average Bonchev–Trinajstić information content (AvgIpc) is 2.78. The summed E-state index contributed by atoms with van der Waals surface area (Å²) in [5.74, 6) is -0.907. The molecule has 0 amide bonds. The molecule has 32 heavy (non-hydrogen) atoms. The lowest BCUT2D eigenvalue weighted by Gasteiger charge is -2.38. The van der Waals surface area contributed by atoms with Crippen molar-refractivity contribution < 1.29 is 27.1 Å². The van der Waals surface area contributed by atoms with Gasteiger partial charge in [-0.25, -0.2) is 9.18 Å². The Bertz CT molecular complexity index is 1140. The quantitative estimate of drug-likeness (QED) is 0.421. The van der Waals surface area contributed by atoms with E-state index in [2.05, 4.69) is 4.98 Å². The van der Waals surface area contributed by atoms with E-state index in [1.165, 1.54) is 18.3 Å². The van der Waals surface area contributed by atoms with Gasteiger partial charge >= 0.3 is 12.1 Å². The molecule has 9 heteroatoms. The molecule has 1 aliphatic heterocycles. The second kappa shape index (κ2) is 8.64. The molecule has 0 atom stereocenters. The molecule has 0 spiro atoms. The lowest BCUT2D eigenvalue weighted by Crippen LogP contribution is -2.47. The molecule has 0 N–H and O–H groups in total. The number of ether oxygens (including phenoxy) is 1. The zero-order valence-corrected chi connectivity index (χ0v) is 17.3. The van der Waals surface area contributed by atoms with Gasteiger partial charge in [-0.1, -0.05) is 18.2 Å². The standard InChI is InChI=1S/C23H21F4N3O2/c1-2-32-22(31)17-14-28-19-13-15(23(25,26)27)7-8-16(19)21(17)30-11-9-29(10-12-30)20-6-4-3-5-18(20)24/h3-8,13-14H,2,9-12H2,1H3. The van der Waals surface area contributed by atoms with Crippen LogP contribution in [0.4, 0.5) is 28.9 Å². The van der Waals surface area contributed by atoms with Gasteiger partial charge in [-0.3, -0.25) is 4.98 Å². The predicted molar refractivity (Wildman–Crippen MR) is 114 cm³/mol. The number of piperazine rings is 1. The molecule has 1 aliphatic rings. The van der Waals surface area contributed by atoms with Gasteiger partial charge in [0.15, 0.2) is 0 Å². The molecule has 1 saturated heterocycles. The number of para-hydroxylation sites is 1. The maximum Gasteiger partial charge on any atom is 0.416 e. The van der Waals surface area contributed by atoms with Crippen molar-refractivity contribution in [1.82, 2.24) is 4.98 Å². The number of alkyl halides is 3. The Morgan fingerprint density at radius 3 is 2.41 bits per heavy atom. The molecule has 0 radical (unpaired) electrons.